The monoisotopic (exact) mass is 579 g/mol. The van der Waals surface area contributed by atoms with Crippen molar-refractivity contribution in [3.05, 3.63) is 88.6 Å². The third-order valence-electron chi connectivity index (χ3n) is 9.62. The summed E-state index contributed by atoms with van der Waals surface area (Å²) < 4.78 is 0. The van der Waals surface area contributed by atoms with E-state index >= 15 is 0 Å². The number of fused-ring (bicyclic) bond motifs is 3. The molecule has 2 fully saturated rings. The lowest BCUT2D eigenvalue weighted by atomic mass is 9.68. The van der Waals surface area contributed by atoms with Gasteiger partial charge in [-0.1, -0.05) is 31.4 Å². The molecule has 0 spiro atoms. The van der Waals surface area contributed by atoms with Crippen molar-refractivity contribution in [1.82, 2.24) is 25.3 Å². The molecule has 3 N–H and O–H groups in total. The number of amidine groups is 1. The highest BCUT2D eigenvalue weighted by molar-refractivity contribution is 5.97. The molecule has 5 rings (SSSR count). The van der Waals surface area contributed by atoms with Crippen LogP contribution in [-0.4, -0.2) is 86.9 Å². The molecule has 3 aliphatic rings. The van der Waals surface area contributed by atoms with Crippen LogP contribution < -0.4 is 10.6 Å². The van der Waals surface area contributed by atoms with Crippen LogP contribution in [0.2, 0.25) is 0 Å². The van der Waals surface area contributed by atoms with Crippen molar-refractivity contribution in [3.63, 3.8) is 0 Å². The van der Waals surface area contributed by atoms with Crippen LogP contribution in [0.4, 0.5) is 0 Å². The van der Waals surface area contributed by atoms with Gasteiger partial charge in [-0.25, -0.2) is 0 Å². The predicted molar refractivity (Wildman–Crippen MR) is 173 cm³/mol. The summed E-state index contributed by atoms with van der Waals surface area (Å²) in [4.78, 5) is 18.8. The first-order chi connectivity index (χ1) is 20.5. The summed E-state index contributed by atoms with van der Waals surface area (Å²) in [5.41, 5.74) is 7.34. The van der Waals surface area contributed by atoms with E-state index in [1.54, 1.807) is 19.0 Å². The van der Waals surface area contributed by atoms with Gasteiger partial charge in [-0.15, -0.1) is 0 Å². The second kappa shape index (κ2) is 11.9. The Labute approximate surface area is 256 Å². The van der Waals surface area contributed by atoms with E-state index in [0.717, 1.165) is 59.3 Å². The zero-order chi connectivity index (χ0) is 31.1. The number of piperidine rings is 1. The molecular weight excluding hydrogens is 534 g/mol. The topological polar surface area (TPSA) is 98.5 Å². The van der Waals surface area contributed by atoms with E-state index < -0.39 is 5.41 Å². The fraction of sp³-hybridized carbons (Fsp3) is 0.457. The van der Waals surface area contributed by atoms with E-state index in [1.165, 1.54) is 5.56 Å². The smallest absolute Gasteiger partial charge is 0.253 e. The Bertz CT molecular complexity index is 1430. The van der Waals surface area contributed by atoms with Crippen molar-refractivity contribution < 1.29 is 4.79 Å². The molecule has 0 radical (unpaired) electrons. The first-order valence-electron chi connectivity index (χ1n) is 15.2. The number of aryl methyl sites for hydroxylation is 2. The van der Waals surface area contributed by atoms with Gasteiger partial charge in [-0.2, -0.15) is 5.26 Å². The fourth-order valence-corrected chi connectivity index (χ4v) is 7.18. The Morgan fingerprint density at radius 1 is 1.05 bits per heavy atom. The molecule has 8 heteroatoms. The van der Waals surface area contributed by atoms with Gasteiger partial charge in [0.25, 0.3) is 5.91 Å². The highest BCUT2D eigenvalue weighted by Crippen LogP contribution is 2.49. The molecule has 1 saturated carbocycles. The van der Waals surface area contributed by atoms with Crippen LogP contribution in [0.1, 0.15) is 57.4 Å². The summed E-state index contributed by atoms with van der Waals surface area (Å²) in [6, 6.07) is 15.4. The normalized spacial score (nSPS) is 23.2. The Morgan fingerprint density at radius 2 is 1.67 bits per heavy atom. The third-order valence-corrected chi connectivity index (χ3v) is 9.62. The van der Waals surface area contributed by atoms with Crippen molar-refractivity contribution in [2.45, 2.75) is 49.6 Å². The number of nitrogens with zero attached hydrogens (tertiary/aromatic N) is 4. The molecule has 226 valence electrons. The second-order valence-corrected chi connectivity index (χ2v) is 12.7. The standard InChI is InChI=1S/C35H45N7O/c1-22(42-29(20-36)18-28-19-32(28)42)21-39-15-14-35(34(37)38-3)30-12-10-24(23(2)40(4)5)16-25(30)8-9-26-17-27(11-13-31(26)35)33(43)41(6)7/h10-13,16-17,28-29,32,39H,1-2,8-9,14-15,18-19,21H2,3-7H3,(H2,37,38)/t28-,29?,32?,35?/m1/s1. The van der Waals surface area contributed by atoms with Crippen LogP contribution in [0.15, 0.2) is 55.3 Å². The molecule has 2 aromatic rings. The van der Waals surface area contributed by atoms with Crippen LogP contribution in [0.3, 0.4) is 0 Å². The maximum absolute atomic E-state index is 12.9. The zero-order valence-electron chi connectivity index (χ0n) is 26.3. The molecule has 0 aromatic heterocycles. The molecule has 43 heavy (non-hydrogen) atoms. The lowest BCUT2D eigenvalue weighted by Gasteiger charge is -2.38. The largest absolute Gasteiger partial charge is 0.378 e. The number of likely N-dealkylation sites (N-methyl/N-ethyl adjacent to an activating group) is 1. The van der Waals surface area contributed by atoms with Gasteiger partial charge in [0.15, 0.2) is 0 Å². The van der Waals surface area contributed by atoms with Crippen LogP contribution in [-0.2, 0) is 18.3 Å². The van der Waals surface area contributed by atoms with E-state index in [0.29, 0.717) is 42.9 Å². The Kier molecular flexibility index (Phi) is 8.40. The minimum Gasteiger partial charge on any atom is -0.378 e. The number of hydrogen-bond acceptors (Lipinski definition) is 6. The Hall–Kier alpha value is -4.09. The minimum absolute atomic E-state index is 0.0286. The van der Waals surface area contributed by atoms with Crippen LogP contribution in [0.5, 0.6) is 0 Å². The number of nitriles is 1. The van der Waals surface area contributed by atoms with Gasteiger partial charge in [0.2, 0.25) is 0 Å². The van der Waals surface area contributed by atoms with Crippen molar-refractivity contribution in [2.75, 3.05) is 48.3 Å². The molecule has 1 amide bonds. The molecule has 2 aromatic carbocycles. The first kappa shape index (κ1) is 30.4. The van der Waals surface area contributed by atoms with Gasteiger partial charge in [-0.3, -0.25) is 10.2 Å². The molecule has 4 atom stereocenters. The van der Waals surface area contributed by atoms with Crippen molar-refractivity contribution in [2.24, 2.45) is 5.92 Å². The minimum atomic E-state index is -0.744. The number of carbonyl (C=O) groups is 1. The van der Waals surface area contributed by atoms with E-state index in [9.17, 15) is 15.5 Å². The maximum atomic E-state index is 12.9. The van der Waals surface area contributed by atoms with Gasteiger partial charge in [0.05, 0.1) is 11.5 Å². The lowest BCUT2D eigenvalue weighted by Crippen LogP contribution is -2.46. The van der Waals surface area contributed by atoms with Gasteiger partial charge >= 0.3 is 0 Å². The summed E-state index contributed by atoms with van der Waals surface area (Å²) >= 11 is 0. The average Bonchev–Trinajstić information content (AvgIpc) is 3.70. The van der Waals surface area contributed by atoms with Crippen LogP contribution in [0, 0.1) is 22.7 Å². The van der Waals surface area contributed by atoms with Crippen LogP contribution in [0.25, 0.3) is 5.70 Å². The predicted octanol–water partition coefficient (Wildman–Crippen LogP) is 3.98. The molecular formula is C35H45N7O. The lowest BCUT2D eigenvalue weighted by molar-refractivity contribution is 0.0827. The average molecular weight is 580 g/mol. The molecule has 8 nitrogen and oxygen atoms in total. The number of carbonyl (C=O) groups excluding carboxylic acids is 1. The van der Waals surface area contributed by atoms with Gasteiger partial charge in [0.1, 0.15) is 11.9 Å². The summed E-state index contributed by atoms with van der Waals surface area (Å²) in [6.45, 7) is 9.87. The van der Waals surface area contributed by atoms with E-state index in [1.807, 2.05) is 38.2 Å². The van der Waals surface area contributed by atoms with Crippen molar-refractivity contribution >= 4 is 17.4 Å². The summed E-state index contributed by atoms with van der Waals surface area (Å²) in [7, 11) is 9.36. The number of hydrogen-bond donors (Lipinski definition) is 3. The van der Waals surface area contributed by atoms with E-state index in [-0.39, 0.29) is 11.9 Å². The third kappa shape index (κ3) is 5.43. The quantitative estimate of drug-likeness (QED) is 0.224. The highest BCUT2D eigenvalue weighted by atomic mass is 16.2. The molecule has 3 unspecified atom stereocenters. The van der Waals surface area contributed by atoms with E-state index in [2.05, 4.69) is 59.0 Å². The Balaban J connectivity index is 1.51. The maximum Gasteiger partial charge on any atom is 0.253 e. The molecule has 2 aliphatic carbocycles. The highest BCUT2D eigenvalue weighted by Gasteiger charge is 2.52. The molecule has 0 bridgehead atoms. The number of rotatable bonds is 10. The van der Waals surface area contributed by atoms with Crippen LogP contribution >= 0.6 is 0 Å². The van der Waals surface area contributed by atoms with Crippen molar-refractivity contribution in [3.8, 4) is 6.07 Å². The summed E-state index contributed by atoms with van der Waals surface area (Å²) in [5.74, 6) is 1.03. The SMILES string of the molecule is C=C(c1ccc2c(c1)CCc1cc(C(=O)N(C)C)ccc1C2(CCNCC(=C)N1C(C#N)C[C@@H]2CC21)C(=N)NC)N(C)C. The Morgan fingerprint density at radius 3 is 2.26 bits per heavy atom. The molecule has 1 heterocycles. The summed E-state index contributed by atoms with van der Waals surface area (Å²) in [5, 5.41) is 25.9. The molecule has 1 aliphatic heterocycles. The van der Waals surface area contributed by atoms with Gasteiger partial charge in [-0.05, 0) is 90.6 Å². The molecule has 1 saturated heterocycles. The number of amides is 1. The number of likely N-dealkylation sites (tertiary alicyclic amines) is 1. The second-order valence-electron chi connectivity index (χ2n) is 12.7. The van der Waals surface area contributed by atoms with E-state index in [4.69, 9.17) is 0 Å². The number of benzene rings is 2. The zero-order valence-corrected chi connectivity index (χ0v) is 26.3. The first-order valence-corrected chi connectivity index (χ1v) is 15.2. The number of nitrogens with one attached hydrogen (secondary N) is 3. The fourth-order valence-electron chi connectivity index (χ4n) is 7.18. The van der Waals surface area contributed by atoms with Crippen molar-refractivity contribution in [1.29, 1.82) is 10.7 Å². The van der Waals surface area contributed by atoms with Gasteiger partial charge in [0, 0.05) is 64.8 Å². The summed E-state index contributed by atoms with van der Waals surface area (Å²) in [6.07, 6.45) is 4.31. The van der Waals surface area contributed by atoms with Gasteiger partial charge < -0.3 is 25.3 Å².